The zero-order valence-corrected chi connectivity index (χ0v) is 18.6. The summed E-state index contributed by atoms with van der Waals surface area (Å²) in [7, 11) is 0. The first-order chi connectivity index (χ1) is 16.2. The van der Waals surface area contributed by atoms with Crippen LogP contribution in [0.4, 0.5) is 13.2 Å². The molecule has 1 unspecified atom stereocenters. The van der Waals surface area contributed by atoms with Gasteiger partial charge >= 0.3 is 6.18 Å². The molecule has 0 radical (unpaired) electrons. The highest BCUT2D eigenvalue weighted by Crippen LogP contribution is 2.54. The summed E-state index contributed by atoms with van der Waals surface area (Å²) in [5.74, 6) is -0.762. The van der Waals surface area contributed by atoms with Crippen LogP contribution in [0, 0.1) is 5.41 Å². The average Bonchev–Trinajstić information content (AvgIpc) is 3.60. The highest BCUT2D eigenvalue weighted by molar-refractivity contribution is 7.98. The van der Waals surface area contributed by atoms with E-state index in [4.69, 9.17) is 0 Å². The molecular weight excluding hydrogens is 465 g/mol. The Morgan fingerprint density at radius 3 is 2.47 bits per heavy atom. The maximum Gasteiger partial charge on any atom is 0.416 e. The highest BCUT2D eigenvalue weighted by atomic mass is 32.2. The lowest BCUT2D eigenvalue weighted by atomic mass is 9.88. The van der Waals surface area contributed by atoms with E-state index in [2.05, 4.69) is 0 Å². The SMILES string of the molecule is O=C1c2c(O)c(=O)ccn2N(C2c3ccccc3SCc3c2cccc3C(F)(F)F)CC12CC2. The second-order valence-electron chi connectivity index (χ2n) is 9.03. The molecule has 174 valence electrons. The Morgan fingerprint density at radius 2 is 1.74 bits per heavy atom. The predicted molar refractivity (Wildman–Crippen MR) is 121 cm³/mol. The van der Waals surface area contributed by atoms with Crippen molar-refractivity contribution in [2.24, 2.45) is 5.41 Å². The maximum atomic E-state index is 14.0. The molecule has 6 rings (SSSR count). The van der Waals surface area contributed by atoms with Gasteiger partial charge < -0.3 is 5.11 Å². The molecule has 1 aromatic heterocycles. The van der Waals surface area contributed by atoms with Gasteiger partial charge in [-0.15, -0.1) is 11.8 Å². The van der Waals surface area contributed by atoms with E-state index >= 15 is 0 Å². The van der Waals surface area contributed by atoms with Gasteiger partial charge in [0.25, 0.3) is 0 Å². The van der Waals surface area contributed by atoms with Crippen molar-refractivity contribution in [1.29, 1.82) is 0 Å². The molecular formula is C25H19F3N2O3S. The van der Waals surface area contributed by atoms with Gasteiger partial charge in [0, 0.05) is 29.5 Å². The van der Waals surface area contributed by atoms with Crippen LogP contribution in [0.3, 0.4) is 0 Å². The Morgan fingerprint density at radius 1 is 1.00 bits per heavy atom. The number of hydrogen-bond donors (Lipinski definition) is 1. The lowest BCUT2D eigenvalue weighted by Crippen LogP contribution is -2.51. The van der Waals surface area contributed by atoms with Crippen molar-refractivity contribution in [3.8, 4) is 5.75 Å². The number of thioether (sulfide) groups is 1. The zero-order chi connectivity index (χ0) is 23.8. The second kappa shape index (κ2) is 7.15. The molecule has 0 saturated heterocycles. The summed E-state index contributed by atoms with van der Waals surface area (Å²) in [6.07, 6.45) is -1.88. The van der Waals surface area contributed by atoms with Crippen LogP contribution in [0.1, 0.15) is 51.6 Å². The molecule has 1 spiro atoms. The first kappa shape index (κ1) is 21.3. The number of benzene rings is 2. The third kappa shape index (κ3) is 3.02. The van der Waals surface area contributed by atoms with Crippen LogP contribution < -0.4 is 10.4 Å². The summed E-state index contributed by atoms with van der Waals surface area (Å²) < 4.78 is 43.4. The molecule has 2 aliphatic heterocycles. The Hall–Kier alpha value is -3.20. The number of carbonyl (C=O) groups excluding carboxylic acids is 1. The van der Waals surface area contributed by atoms with Gasteiger partial charge in [0.15, 0.2) is 17.2 Å². The van der Waals surface area contributed by atoms with Gasteiger partial charge in [-0.3, -0.25) is 19.3 Å². The van der Waals surface area contributed by atoms with E-state index in [0.29, 0.717) is 18.4 Å². The van der Waals surface area contributed by atoms with E-state index in [1.807, 2.05) is 29.3 Å². The number of ketones is 1. The van der Waals surface area contributed by atoms with Crippen molar-refractivity contribution >= 4 is 17.5 Å². The minimum Gasteiger partial charge on any atom is -0.503 e. The second-order valence-corrected chi connectivity index (χ2v) is 10.0. The van der Waals surface area contributed by atoms with Gasteiger partial charge in [-0.05, 0) is 41.7 Å². The van der Waals surface area contributed by atoms with E-state index in [0.717, 1.165) is 16.5 Å². The van der Waals surface area contributed by atoms with Crippen LogP contribution in [0.25, 0.3) is 0 Å². The Balaban J connectivity index is 1.64. The summed E-state index contributed by atoms with van der Waals surface area (Å²) in [6, 6.07) is 12.2. The third-order valence-corrected chi connectivity index (χ3v) is 8.16. The van der Waals surface area contributed by atoms with Crippen molar-refractivity contribution < 1.29 is 23.1 Å². The molecule has 2 aromatic carbocycles. The van der Waals surface area contributed by atoms with E-state index in [1.165, 1.54) is 34.8 Å². The fourth-order valence-electron chi connectivity index (χ4n) is 5.17. The molecule has 1 aliphatic carbocycles. The number of Topliss-reactive ketones (excluding diaryl/α,β-unsaturated/α-hetero) is 1. The summed E-state index contributed by atoms with van der Waals surface area (Å²) in [4.78, 5) is 26.3. The first-order valence-electron chi connectivity index (χ1n) is 10.9. The van der Waals surface area contributed by atoms with Crippen molar-refractivity contribution in [3.63, 3.8) is 0 Å². The lowest BCUT2D eigenvalue weighted by Gasteiger charge is -2.43. The molecule has 34 heavy (non-hydrogen) atoms. The molecule has 0 bridgehead atoms. The van der Waals surface area contributed by atoms with Crippen LogP contribution in [0.5, 0.6) is 5.75 Å². The fraction of sp³-hybridized carbons (Fsp3) is 0.280. The van der Waals surface area contributed by atoms with Crippen LogP contribution in [0.2, 0.25) is 0 Å². The normalized spacial score (nSPS) is 20.4. The third-order valence-electron chi connectivity index (χ3n) is 7.04. The molecule has 1 saturated carbocycles. The molecule has 3 heterocycles. The molecule has 1 N–H and O–H groups in total. The molecule has 9 heteroatoms. The monoisotopic (exact) mass is 484 g/mol. The van der Waals surface area contributed by atoms with Gasteiger partial charge in [0.2, 0.25) is 5.43 Å². The number of pyridine rings is 1. The highest BCUT2D eigenvalue weighted by Gasteiger charge is 2.57. The quantitative estimate of drug-likeness (QED) is 0.533. The van der Waals surface area contributed by atoms with E-state index in [1.54, 1.807) is 6.07 Å². The summed E-state index contributed by atoms with van der Waals surface area (Å²) >= 11 is 1.35. The van der Waals surface area contributed by atoms with Crippen molar-refractivity contribution in [2.45, 2.75) is 35.7 Å². The molecule has 1 fully saturated rings. The van der Waals surface area contributed by atoms with Crippen molar-refractivity contribution in [3.05, 3.63) is 92.9 Å². The van der Waals surface area contributed by atoms with Crippen LogP contribution in [0.15, 0.2) is 64.4 Å². The van der Waals surface area contributed by atoms with Gasteiger partial charge in [-0.2, -0.15) is 13.2 Å². The number of aromatic nitrogens is 1. The number of aromatic hydroxyl groups is 1. The largest absolute Gasteiger partial charge is 0.503 e. The standard InChI is InChI=1S/C25H19F3N2O3S/c26-25(27,28)17-6-3-5-14-16(17)12-34-19-7-2-1-4-15(19)20(14)30-13-24(9-10-24)23(33)21-22(32)18(31)8-11-29(21)30/h1-8,11,20,32H,9-10,12-13H2. The minimum atomic E-state index is -4.51. The van der Waals surface area contributed by atoms with Crippen molar-refractivity contribution in [1.82, 2.24) is 4.68 Å². The number of nitrogens with zero attached hydrogens (tertiary/aromatic N) is 2. The topological polar surface area (TPSA) is 62.5 Å². The smallest absolute Gasteiger partial charge is 0.416 e. The number of hydrogen-bond acceptors (Lipinski definition) is 5. The maximum absolute atomic E-state index is 14.0. The van der Waals surface area contributed by atoms with Crippen LogP contribution >= 0.6 is 11.8 Å². The lowest BCUT2D eigenvalue weighted by molar-refractivity contribution is -0.138. The van der Waals surface area contributed by atoms with E-state index in [-0.39, 0.29) is 29.3 Å². The number of halogens is 3. The van der Waals surface area contributed by atoms with Crippen molar-refractivity contribution in [2.75, 3.05) is 11.6 Å². The number of alkyl halides is 3. The predicted octanol–water partition coefficient (Wildman–Crippen LogP) is 4.88. The summed E-state index contributed by atoms with van der Waals surface area (Å²) in [5.41, 5.74) is -0.654. The van der Waals surface area contributed by atoms with Gasteiger partial charge in [-0.1, -0.05) is 30.3 Å². The fourth-order valence-corrected chi connectivity index (χ4v) is 6.31. The van der Waals surface area contributed by atoms with Crippen LogP contribution in [-0.4, -0.2) is 22.1 Å². The molecule has 5 nitrogen and oxygen atoms in total. The molecule has 0 amide bonds. The Kier molecular flexibility index (Phi) is 4.49. The van der Waals surface area contributed by atoms with Gasteiger partial charge in [0.05, 0.1) is 17.0 Å². The Labute approximate surface area is 196 Å². The van der Waals surface area contributed by atoms with E-state index in [9.17, 15) is 27.9 Å². The number of carbonyl (C=O) groups is 1. The number of rotatable bonds is 1. The summed E-state index contributed by atoms with van der Waals surface area (Å²) in [5, 5.41) is 12.4. The van der Waals surface area contributed by atoms with E-state index < -0.39 is 34.4 Å². The average molecular weight is 484 g/mol. The zero-order valence-electron chi connectivity index (χ0n) is 17.8. The minimum absolute atomic E-state index is 0.0980. The van der Waals surface area contributed by atoms with Crippen LogP contribution in [-0.2, 0) is 11.9 Å². The summed E-state index contributed by atoms with van der Waals surface area (Å²) in [6.45, 7) is 0.278. The number of fused-ring (bicyclic) bond motifs is 3. The van der Waals surface area contributed by atoms with Gasteiger partial charge in [-0.25, -0.2) is 0 Å². The molecule has 3 aliphatic rings. The van der Waals surface area contributed by atoms with Gasteiger partial charge in [0.1, 0.15) is 0 Å². The molecule has 3 aromatic rings. The Bertz CT molecular complexity index is 1410. The first-order valence-corrected chi connectivity index (χ1v) is 11.9. The molecule has 1 atom stereocenters.